The molecule has 0 aliphatic carbocycles. The molecule has 47 heavy (non-hydrogen) atoms. The number of carbonyl (C=O) groups excluding carboxylic acids is 1. The molecule has 0 aliphatic heterocycles. The zero-order chi connectivity index (χ0) is 33.7. The van der Waals surface area contributed by atoms with Crippen LogP contribution in [0.5, 0.6) is 0 Å². The average Bonchev–Trinajstić information content (AvgIpc) is 3.61. The Hall–Kier alpha value is -4.11. The molecule has 0 saturated heterocycles. The number of carbonyl (C=O) groups is 1. The smallest absolute Gasteiger partial charge is 0.311 e. The predicted octanol–water partition coefficient (Wildman–Crippen LogP) is 9.99. The highest BCUT2D eigenvalue weighted by Crippen LogP contribution is 2.45. The van der Waals surface area contributed by atoms with E-state index in [-0.39, 0.29) is 12.6 Å². The highest BCUT2D eigenvalue weighted by Gasteiger charge is 2.31. The number of hydrogen-bond donors (Lipinski definition) is 0. The Labute approximate surface area is 284 Å². The lowest BCUT2D eigenvalue weighted by molar-refractivity contribution is -0.162. The van der Waals surface area contributed by atoms with Crippen LogP contribution in [0, 0.1) is 12.3 Å². The molecule has 0 N–H and O–H groups in total. The molecule has 0 saturated carbocycles. The monoisotopic (exact) mass is 666 g/mol. The lowest BCUT2D eigenvalue weighted by Gasteiger charge is -2.31. The fraction of sp³-hybridized carbons (Fsp3) is 0.316. The molecule has 3 aromatic carbocycles. The van der Waals surface area contributed by atoms with Crippen LogP contribution in [-0.4, -0.2) is 37.9 Å². The van der Waals surface area contributed by atoms with Crippen molar-refractivity contribution in [2.24, 2.45) is 12.5 Å². The van der Waals surface area contributed by atoms with E-state index in [2.05, 4.69) is 47.3 Å². The number of nitrogens with zero attached hydrogens (tertiary/aromatic N) is 4. The van der Waals surface area contributed by atoms with Crippen LogP contribution in [0.2, 0.25) is 5.02 Å². The molecule has 3 aromatic heterocycles. The Balaban J connectivity index is 1.49. The third kappa shape index (κ3) is 6.96. The van der Waals surface area contributed by atoms with E-state index in [1.807, 2.05) is 96.1 Å². The minimum Gasteiger partial charge on any atom is -0.462 e. The van der Waals surface area contributed by atoms with Crippen LogP contribution in [0.15, 0.2) is 73.2 Å². The molecular formula is C38H39ClN4O3S. The number of aryl methyl sites for hydroxylation is 2. The number of benzene rings is 3. The molecule has 9 heteroatoms. The largest absolute Gasteiger partial charge is 0.462 e. The Morgan fingerprint density at radius 3 is 2.32 bits per heavy atom. The standard InChI is InChI=1S/C38H39ClN4O3S/c1-22-15-29-34(47-35(42-29)27-17-25(18-40-19-27)24-11-14-30-26(16-24)20-41-43(30)8)33(23-9-12-28(39)13-10-23)32(22)31(46-38(5,6)7)21-45-36(44)37(2,3)4/h9-20,31H,21H2,1-8H3/t31-/m0/s1. The molecule has 0 unspecified atom stereocenters. The molecule has 3 heterocycles. The Morgan fingerprint density at radius 1 is 0.915 bits per heavy atom. The molecule has 6 aromatic rings. The van der Waals surface area contributed by atoms with Gasteiger partial charge in [-0.1, -0.05) is 29.8 Å². The van der Waals surface area contributed by atoms with E-state index in [0.29, 0.717) is 5.02 Å². The molecule has 0 fully saturated rings. The summed E-state index contributed by atoms with van der Waals surface area (Å²) >= 11 is 7.96. The van der Waals surface area contributed by atoms with Gasteiger partial charge >= 0.3 is 5.97 Å². The van der Waals surface area contributed by atoms with Gasteiger partial charge in [-0.3, -0.25) is 14.5 Å². The summed E-state index contributed by atoms with van der Waals surface area (Å²) in [7, 11) is 1.94. The SMILES string of the molecule is Cc1cc2nc(-c3cncc(-c4ccc5c(cnn5C)c4)c3)sc2c(-c2ccc(Cl)cc2)c1[C@H](COC(=O)C(C)(C)C)OC(C)(C)C. The van der Waals surface area contributed by atoms with Crippen molar-refractivity contribution in [3.63, 3.8) is 0 Å². The van der Waals surface area contributed by atoms with E-state index in [4.69, 9.17) is 26.1 Å². The first-order valence-corrected chi connectivity index (χ1v) is 16.8. The van der Waals surface area contributed by atoms with E-state index in [1.165, 1.54) is 0 Å². The van der Waals surface area contributed by atoms with Gasteiger partial charge in [0.2, 0.25) is 0 Å². The van der Waals surface area contributed by atoms with Gasteiger partial charge in [0.15, 0.2) is 0 Å². The van der Waals surface area contributed by atoms with Crippen molar-refractivity contribution in [2.75, 3.05) is 6.61 Å². The fourth-order valence-corrected chi connectivity index (χ4v) is 6.91. The summed E-state index contributed by atoms with van der Waals surface area (Å²) in [6.07, 6.45) is 5.09. The highest BCUT2D eigenvalue weighted by atomic mass is 35.5. The van der Waals surface area contributed by atoms with E-state index in [9.17, 15) is 4.79 Å². The fourth-order valence-electron chi connectivity index (χ4n) is 5.68. The van der Waals surface area contributed by atoms with E-state index in [1.54, 1.807) is 11.3 Å². The van der Waals surface area contributed by atoms with Crippen LogP contribution in [0.25, 0.3) is 53.9 Å². The van der Waals surface area contributed by atoms with Crippen LogP contribution in [0.1, 0.15) is 58.8 Å². The molecule has 6 rings (SSSR count). The third-order valence-electron chi connectivity index (χ3n) is 7.92. The summed E-state index contributed by atoms with van der Waals surface area (Å²) in [4.78, 5) is 22.6. The molecule has 0 spiro atoms. The van der Waals surface area contributed by atoms with Gasteiger partial charge in [0.1, 0.15) is 17.7 Å². The lowest BCUT2D eigenvalue weighted by Crippen LogP contribution is -2.30. The Morgan fingerprint density at radius 2 is 1.62 bits per heavy atom. The van der Waals surface area contributed by atoms with Crippen LogP contribution < -0.4 is 0 Å². The first kappa shape index (κ1) is 32.8. The highest BCUT2D eigenvalue weighted by molar-refractivity contribution is 7.22. The number of hydrogen-bond acceptors (Lipinski definition) is 7. The second kappa shape index (κ2) is 12.5. The van der Waals surface area contributed by atoms with Gasteiger partial charge in [0.25, 0.3) is 0 Å². The van der Waals surface area contributed by atoms with Crippen molar-refractivity contribution in [3.05, 3.63) is 89.3 Å². The first-order chi connectivity index (χ1) is 22.2. The number of fused-ring (bicyclic) bond motifs is 2. The number of thiazole rings is 1. The quantitative estimate of drug-likeness (QED) is 0.158. The van der Waals surface area contributed by atoms with Crippen LogP contribution in [0.4, 0.5) is 0 Å². The van der Waals surface area contributed by atoms with Gasteiger partial charge in [-0.15, -0.1) is 11.3 Å². The molecule has 0 amide bonds. The van der Waals surface area contributed by atoms with Gasteiger partial charge in [-0.25, -0.2) is 4.98 Å². The van der Waals surface area contributed by atoms with Crippen LogP contribution in [-0.2, 0) is 21.3 Å². The molecule has 0 aliphatic rings. The minimum absolute atomic E-state index is 0.0826. The topological polar surface area (TPSA) is 79.1 Å². The average molecular weight is 667 g/mol. The number of halogens is 1. The molecule has 1 atom stereocenters. The zero-order valence-corrected chi connectivity index (χ0v) is 29.6. The summed E-state index contributed by atoms with van der Waals surface area (Å²) in [5.41, 5.74) is 7.74. The van der Waals surface area contributed by atoms with Gasteiger partial charge in [0.05, 0.1) is 32.9 Å². The van der Waals surface area contributed by atoms with Crippen molar-refractivity contribution in [2.45, 2.75) is 60.2 Å². The van der Waals surface area contributed by atoms with Crippen molar-refractivity contribution >= 4 is 50.0 Å². The first-order valence-electron chi connectivity index (χ1n) is 15.6. The van der Waals surface area contributed by atoms with Crippen molar-refractivity contribution < 1.29 is 14.3 Å². The number of rotatable bonds is 7. The molecule has 0 bridgehead atoms. The second-order valence-electron chi connectivity index (χ2n) is 13.9. The molecule has 7 nitrogen and oxygen atoms in total. The Kier molecular flexibility index (Phi) is 8.72. The Bertz CT molecular complexity index is 2100. The molecule has 0 radical (unpaired) electrons. The maximum Gasteiger partial charge on any atom is 0.311 e. The zero-order valence-electron chi connectivity index (χ0n) is 28.0. The van der Waals surface area contributed by atoms with Gasteiger partial charge < -0.3 is 9.47 Å². The summed E-state index contributed by atoms with van der Waals surface area (Å²) in [6.45, 7) is 13.7. The van der Waals surface area contributed by atoms with Crippen molar-refractivity contribution in [1.29, 1.82) is 0 Å². The van der Waals surface area contributed by atoms with Crippen molar-refractivity contribution in [1.82, 2.24) is 19.7 Å². The summed E-state index contributed by atoms with van der Waals surface area (Å²) in [5.74, 6) is -0.276. The minimum atomic E-state index is -0.636. The van der Waals surface area contributed by atoms with E-state index < -0.39 is 17.1 Å². The third-order valence-corrected chi connectivity index (χ3v) is 9.31. The number of ether oxygens (including phenoxy) is 2. The van der Waals surface area contributed by atoms with Gasteiger partial charge in [0, 0.05) is 46.5 Å². The van der Waals surface area contributed by atoms with E-state index >= 15 is 0 Å². The van der Waals surface area contributed by atoms with Gasteiger partial charge in [-0.2, -0.15) is 5.10 Å². The molecular weight excluding hydrogens is 628 g/mol. The normalized spacial score (nSPS) is 13.0. The lowest BCUT2D eigenvalue weighted by atomic mass is 9.91. The predicted molar refractivity (Wildman–Crippen MR) is 192 cm³/mol. The van der Waals surface area contributed by atoms with E-state index in [0.717, 1.165) is 65.1 Å². The van der Waals surface area contributed by atoms with Gasteiger partial charge in [-0.05, 0) is 107 Å². The van der Waals surface area contributed by atoms with Crippen LogP contribution >= 0.6 is 22.9 Å². The summed E-state index contributed by atoms with van der Waals surface area (Å²) in [6, 6.07) is 18.4. The second-order valence-corrected chi connectivity index (χ2v) is 15.4. The maximum absolute atomic E-state index is 12.9. The maximum atomic E-state index is 12.9. The summed E-state index contributed by atoms with van der Waals surface area (Å²) < 4.78 is 15.4. The van der Waals surface area contributed by atoms with Crippen LogP contribution in [0.3, 0.4) is 0 Å². The molecule has 242 valence electrons. The number of esters is 1. The summed E-state index contributed by atoms with van der Waals surface area (Å²) in [5, 5.41) is 6.97. The van der Waals surface area contributed by atoms with Crippen molar-refractivity contribution in [3.8, 4) is 32.8 Å². The number of pyridine rings is 1. The number of aromatic nitrogens is 4.